The summed E-state index contributed by atoms with van der Waals surface area (Å²) in [5.74, 6) is 0.775. The molecule has 0 spiro atoms. The summed E-state index contributed by atoms with van der Waals surface area (Å²) in [5, 5.41) is 0. The van der Waals surface area contributed by atoms with E-state index in [1.54, 1.807) is 12.3 Å². The van der Waals surface area contributed by atoms with Gasteiger partial charge in [-0.15, -0.1) is 0 Å². The highest BCUT2D eigenvalue weighted by atomic mass is 16.5. The minimum absolute atomic E-state index is 0.0635. The van der Waals surface area contributed by atoms with Crippen molar-refractivity contribution in [1.82, 2.24) is 4.98 Å². The van der Waals surface area contributed by atoms with Crippen LogP contribution in [0.4, 0.5) is 5.69 Å². The maximum absolute atomic E-state index is 5.69. The van der Waals surface area contributed by atoms with Gasteiger partial charge >= 0.3 is 0 Å². The van der Waals surface area contributed by atoms with E-state index in [0.29, 0.717) is 12.3 Å². The van der Waals surface area contributed by atoms with Crippen molar-refractivity contribution < 1.29 is 4.74 Å². The van der Waals surface area contributed by atoms with Crippen LogP contribution < -0.4 is 16.2 Å². The number of aromatic nitrogens is 1. The SMILES string of the molecule is Nc1cnc2c(c1)OCC(N)C2. The standard InChI is InChI=1S/C8H11N3O/c9-5-2-8-7(11-3-5)1-6(10)4-12-8/h2-3,6H,1,4,9-10H2. The fourth-order valence-electron chi connectivity index (χ4n) is 1.27. The third kappa shape index (κ3) is 1.21. The van der Waals surface area contributed by atoms with Crippen LogP contribution >= 0.6 is 0 Å². The summed E-state index contributed by atoms with van der Waals surface area (Å²) in [6.07, 6.45) is 2.40. The zero-order chi connectivity index (χ0) is 8.55. The van der Waals surface area contributed by atoms with Crippen LogP contribution in [0.2, 0.25) is 0 Å². The van der Waals surface area contributed by atoms with Crippen LogP contribution in [0.5, 0.6) is 5.75 Å². The molecule has 1 aliphatic rings. The van der Waals surface area contributed by atoms with Gasteiger partial charge in [-0.2, -0.15) is 0 Å². The second-order valence-corrected chi connectivity index (χ2v) is 2.99. The molecule has 0 saturated carbocycles. The van der Waals surface area contributed by atoms with Crippen LogP contribution in [-0.2, 0) is 6.42 Å². The first-order chi connectivity index (χ1) is 5.75. The van der Waals surface area contributed by atoms with Gasteiger partial charge in [0.05, 0.1) is 17.6 Å². The van der Waals surface area contributed by atoms with Gasteiger partial charge in [0.2, 0.25) is 0 Å². The lowest BCUT2D eigenvalue weighted by Crippen LogP contribution is -2.34. The molecule has 1 aliphatic heterocycles. The van der Waals surface area contributed by atoms with Gasteiger partial charge in [0, 0.05) is 18.5 Å². The van der Waals surface area contributed by atoms with E-state index in [2.05, 4.69) is 4.98 Å². The van der Waals surface area contributed by atoms with Gasteiger partial charge in [-0.05, 0) is 0 Å². The third-order valence-electron chi connectivity index (χ3n) is 1.86. The molecule has 1 aromatic rings. The van der Waals surface area contributed by atoms with E-state index in [1.807, 2.05) is 0 Å². The lowest BCUT2D eigenvalue weighted by atomic mass is 10.1. The Morgan fingerprint density at radius 2 is 2.42 bits per heavy atom. The normalized spacial score (nSPS) is 21.2. The Kier molecular flexibility index (Phi) is 1.62. The molecule has 0 aromatic carbocycles. The van der Waals surface area contributed by atoms with Gasteiger partial charge in [-0.25, -0.2) is 0 Å². The number of nitrogens with zero attached hydrogens (tertiary/aromatic N) is 1. The number of ether oxygens (including phenoxy) is 1. The minimum atomic E-state index is 0.0635. The lowest BCUT2D eigenvalue weighted by molar-refractivity contribution is 0.260. The summed E-state index contributed by atoms with van der Waals surface area (Å²) in [7, 11) is 0. The highest BCUT2D eigenvalue weighted by Crippen LogP contribution is 2.23. The van der Waals surface area contributed by atoms with Crippen molar-refractivity contribution in [1.29, 1.82) is 0 Å². The molecule has 4 heteroatoms. The maximum atomic E-state index is 5.69. The molecule has 4 nitrogen and oxygen atoms in total. The average Bonchev–Trinajstić information content (AvgIpc) is 2.05. The number of hydrogen-bond donors (Lipinski definition) is 2. The molecule has 0 bridgehead atoms. The van der Waals surface area contributed by atoms with Crippen molar-refractivity contribution in [2.75, 3.05) is 12.3 Å². The van der Waals surface area contributed by atoms with Crippen molar-refractivity contribution in [3.63, 3.8) is 0 Å². The highest BCUT2D eigenvalue weighted by Gasteiger charge is 2.17. The molecule has 0 aliphatic carbocycles. The van der Waals surface area contributed by atoms with Gasteiger partial charge < -0.3 is 16.2 Å². The zero-order valence-electron chi connectivity index (χ0n) is 6.66. The van der Waals surface area contributed by atoms with Crippen LogP contribution in [0.1, 0.15) is 5.69 Å². The predicted molar refractivity (Wildman–Crippen MR) is 45.8 cm³/mol. The van der Waals surface area contributed by atoms with Crippen LogP contribution in [-0.4, -0.2) is 17.6 Å². The molecule has 1 aromatic heterocycles. The summed E-state index contributed by atoms with van der Waals surface area (Å²) in [6, 6.07) is 1.85. The predicted octanol–water partition coefficient (Wildman–Crippen LogP) is -0.0740. The maximum Gasteiger partial charge on any atom is 0.142 e. The fourth-order valence-corrected chi connectivity index (χ4v) is 1.27. The Morgan fingerprint density at radius 3 is 3.25 bits per heavy atom. The van der Waals surface area contributed by atoms with Crippen molar-refractivity contribution in [3.8, 4) is 5.75 Å². The smallest absolute Gasteiger partial charge is 0.142 e. The van der Waals surface area contributed by atoms with Gasteiger partial charge in [-0.3, -0.25) is 4.98 Å². The first-order valence-electron chi connectivity index (χ1n) is 3.88. The molecule has 0 fully saturated rings. The monoisotopic (exact) mass is 165 g/mol. The topological polar surface area (TPSA) is 74.2 Å². The summed E-state index contributed by atoms with van der Waals surface area (Å²) in [4.78, 5) is 4.14. The van der Waals surface area contributed by atoms with Crippen LogP contribution in [0.25, 0.3) is 0 Å². The molecule has 2 heterocycles. The third-order valence-corrected chi connectivity index (χ3v) is 1.86. The molecule has 64 valence electrons. The van der Waals surface area contributed by atoms with Crippen LogP contribution in [0, 0.1) is 0 Å². The Balaban J connectivity index is 2.37. The molecule has 12 heavy (non-hydrogen) atoms. The minimum Gasteiger partial charge on any atom is -0.490 e. The van der Waals surface area contributed by atoms with E-state index < -0.39 is 0 Å². The fraction of sp³-hybridized carbons (Fsp3) is 0.375. The van der Waals surface area contributed by atoms with Gasteiger partial charge in [0.15, 0.2) is 0 Å². The first kappa shape index (κ1) is 7.36. The lowest BCUT2D eigenvalue weighted by Gasteiger charge is -2.21. The summed E-state index contributed by atoms with van der Waals surface area (Å²) < 4.78 is 5.35. The zero-order valence-corrected chi connectivity index (χ0v) is 6.66. The summed E-state index contributed by atoms with van der Waals surface area (Å²) >= 11 is 0. The average molecular weight is 165 g/mol. The summed E-state index contributed by atoms with van der Waals surface area (Å²) in [5.41, 5.74) is 12.8. The molecule has 2 rings (SSSR count). The van der Waals surface area contributed by atoms with Crippen molar-refractivity contribution >= 4 is 5.69 Å². The largest absolute Gasteiger partial charge is 0.490 e. The van der Waals surface area contributed by atoms with E-state index in [-0.39, 0.29) is 6.04 Å². The molecule has 1 atom stereocenters. The Hall–Kier alpha value is -1.29. The molecule has 1 unspecified atom stereocenters. The number of fused-ring (bicyclic) bond motifs is 1. The van der Waals surface area contributed by atoms with E-state index in [0.717, 1.165) is 17.9 Å². The number of rotatable bonds is 0. The Labute approximate surface area is 70.5 Å². The quantitative estimate of drug-likeness (QED) is 0.564. The molecule has 0 radical (unpaired) electrons. The summed E-state index contributed by atoms with van der Waals surface area (Å²) in [6.45, 7) is 0.554. The number of hydrogen-bond acceptors (Lipinski definition) is 4. The van der Waals surface area contributed by atoms with E-state index in [4.69, 9.17) is 16.2 Å². The van der Waals surface area contributed by atoms with Gasteiger partial charge in [-0.1, -0.05) is 0 Å². The van der Waals surface area contributed by atoms with Crippen molar-refractivity contribution in [2.24, 2.45) is 5.73 Å². The Bertz CT molecular complexity index is 300. The second-order valence-electron chi connectivity index (χ2n) is 2.99. The van der Waals surface area contributed by atoms with Crippen LogP contribution in [0.15, 0.2) is 12.3 Å². The van der Waals surface area contributed by atoms with Gasteiger partial charge in [0.1, 0.15) is 12.4 Å². The number of nitrogen functional groups attached to an aromatic ring is 1. The number of pyridine rings is 1. The molecule has 0 saturated heterocycles. The molecular formula is C8H11N3O. The molecular weight excluding hydrogens is 154 g/mol. The van der Waals surface area contributed by atoms with Gasteiger partial charge in [0.25, 0.3) is 0 Å². The van der Waals surface area contributed by atoms with Crippen molar-refractivity contribution in [3.05, 3.63) is 18.0 Å². The number of anilines is 1. The highest BCUT2D eigenvalue weighted by molar-refractivity contribution is 5.44. The van der Waals surface area contributed by atoms with E-state index >= 15 is 0 Å². The number of nitrogens with two attached hydrogens (primary N) is 2. The molecule has 4 N–H and O–H groups in total. The first-order valence-corrected chi connectivity index (χ1v) is 3.88. The van der Waals surface area contributed by atoms with E-state index in [1.165, 1.54) is 0 Å². The van der Waals surface area contributed by atoms with E-state index in [9.17, 15) is 0 Å². The Morgan fingerprint density at radius 1 is 1.58 bits per heavy atom. The van der Waals surface area contributed by atoms with Crippen molar-refractivity contribution in [2.45, 2.75) is 12.5 Å². The molecule has 0 amide bonds. The second kappa shape index (κ2) is 2.64. The van der Waals surface area contributed by atoms with Crippen LogP contribution in [0.3, 0.4) is 0 Å².